The van der Waals surface area contributed by atoms with Crippen LogP contribution >= 0.6 is 24.2 Å². The summed E-state index contributed by atoms with van der Waals surface area (Å²) in [6.45, 7) is 2.42. The van der Waals surface area contributed by atoms with Crippen molar-refractivity contribution in [2.24, 2.45) is 0 Å². The van der Waals surface area contributed by atoms with Gasteiger partial charge in [0.05, 0.1) is 46.2 Å². The molecule has 3 aromatic carbocycles. The van der Waals surface area contributed by atoms with E-state index < -0.39 is 20.1 Å². The SMILES string of the molecule is CS(=O)(=O)Nc1cccc2c(O)c(SN3CCOCC3)cc(NNC(=S)c3cc(S(=O)(=O)O)ccc3[NH3+])c12. The van der Waals surface area contributed by atoms with Crippen molar-refractivity contribution in [3.8, 4) is 5.75 Å². The van der Waals surface area contributed by atoms with Gasteiger partial charge in [0, 0.05) is 29.9 Å². The first-order valence-electron chi connectivity index (χ1n) is 11.1. The molecule has 4 rings (SSSR count). The average molecular weight is 601 g/mol. The molecule has 0 spiro atoms. The van der Waals surface area contributed by atoms with Gasteiger partial charge in [0.2, 0.25) is 10.0 Å². The van der Waals surface area contributed by atoms with E-state index in [4.69, 9.17) is 17.0 Å². The molecular weight excluding hydrogens is 575 g/mol. The fraction of sp³-hybridized carbons (Fsp3) is 0.227. The number of quaternary nitrogens is 1. The minimum absolute atomic E-state index is 0.0253. The van der Waals surface area contributed by atoms with Crippen LogP contribution in [0.4, 0.5) is 17.1 Å². The van der Waals surface area contributed by atoms with Gasteiger partial charge in [-0.1, -0.05) is 24.4 Å². The van der Waals surface area contributed by atoms with E-state index in [-0.39, 0.29) is 26.9 Å². The van der Waals surface area contributed by atoms with Crippen LogP contribution in [0.25, 0.3) is 10.8 Å². The number of ether oxygens (including phenoxy) is 1. The highest BCUT2D eigenvalue weighted by molar-refractivity contribution is 7.97. The lowest BCUT2D eigenvalue weighted by atomic mass is 10.1. The van der Waals surface area contributed by atoms with E-state index in [2.05, 4.69) is 21.3 Å². The molecular formula is C22H26N5O7S4+. The van der Waals surface area contributed by atoms with E-state index in [1.54, 1.807) is 24.3 Å². The molecule has 0 aliphatic carbocycles. The summed E-state index contributed by atoms with van der Waals surface area (Å²) in [6, 6.07) is 10.3. The topological polar surface area (TPSA) is 185 Å². The summed E-state index contributed by atoms with van der Waals surface area (Å²) >= 11 is 6.78. The van der Waals surface area contributed by atoms with E-state index in [9.17, 15) is 26.5 Å². The largest absolute Gasteiger partial charge is 0.506 e. The number of morpholine rings is 1. The first-order chi connectivity index (χ1) is 17.8. The van der Waals surface area contributed by atoms with Gasteiger partial charge in [-0.2, -0.15) is 8.42 Å². The van der Waals surface area contributed by atoms with Crippen molar-refractivity contribution in [1.29, 1.82) is 0 Å². The van der Waals surface area contributed by atoms with E-state index >= 15 is 0 Å². The van der Waals surface area contributed by atoms with Crippen LogP contribution in [0.3, 0.4) is 0 Å². The second kappa shape index (κ2) is 11.2. The van der Waals surface area contributed by atoms with Crippen molar-refractivity contribution in [3.05, 3.63) is 48.0 Å². The molecule has 1 fully saturated rings. The number of benzene rings is 3. The van der Waals surface area contributed by atoms with Gasteiger partial charge in [0.15, 0.2) is 0 Å². The number of sulfonamides is 1. The lowest BCUT2D eigenvalue weighted by molar-refractivity contribution is -0.255. The van der Waals surface area contributed by atoms with Crippen LogP contribution in [-0.4, -0.2) is 68.3 Å². The Morgan fingerprint density at radius 3 is 2.47 bits per heavy atom. The Kier molecular flexibility index (Phi) is 8.34. The number of aromatic hydroxyl groups is 1. The molecule has 0 bridgehead atoms. The van der Waals surface area contributed by atoms with E-state index in [1.165, 1.54) is 30.1 Å². The molecule has 0 atom stereocenters. The molecule has 204 valence electrons. The normalized spacial score (nSPS) is 14.8. The fourth-order valence-electron chi connectivity index (χ4n) is 3.79. The third-order valence-corrected chi connectivity index (χ3v) is 8.42. The van der Waals surface area contributed by atoms with Crippen molar-refractivity contribution < 1.29 is 37.0 Å². The number of phenolic OH excluding ortho intramolecular Hbond substituents is 1. The van der Waals surface area contributed by atoms with Crippen LogP contribution in [0, 0.1) is 0 Å². The van der Waals surface area contributed by atoms with Gasteiger partial charge in [-0.05, 0) is 36.2 Å². The van der Waals surface area contributed by atoms with Gasteiger partial charge in [-0.15, -0.1) is 0 Å². The van der Waals surface area contributed by atoms with Crippen molar-refractivity contribution in [3.63, 3.8) is 0 Å². The molecule has 12 nitrogen and oxygen atoms in total. The number of anilines is 2. The summed E-state index contributed by atoms with van der Waals surface area (Å²) in [5.41, 5.74) is 10.9. The van der Waals surface area contributed by atoms with Crippen LogP contribution in [0.5, 0.6) is 5.75 Å². The Morgan fingerprint density at radius 2 is 1.82 bits per heavy atom. The zero-order chi connectivity index (χ0) is 27.7. The van der Waals surface area contributed by atoms with E-state index in [0.717, 1.165) is 6.26 Å². The summed E-state index contributed by atoms with van der Waals surface area (Å²) in [6.07, 6.45) is 1.02. The van der Waals surface area contributed by atoms with Gasteiger partial charge in [0.1, 0.15) is 16.4 Å². The first-order valence-corrected chi connectivity index (χ1v) is 15.6. The van der Waals surface area contributed by atoms with Crippen molar-refractivity contribution in [1.82, 2.24) is 9.73 Å². The van der Waals surface area contributed by atoms with Crippen molar-refractivity contribution in [2.75, 3.05) is 42.7 Å². The molecule has 1 saturated heterocycles. The van der Waals surface area contributed by atoms with Gasteiger partial charge in [-0.3, -0.25) is 20.1 Å². The second-order valence-corrected chi connectivity index (χ2v) is 13.1. The lowest BCUT2D eigenvalue weighted by Crippen LogP contribution is -2.43. The summed E-state index contributed by atoms with van der Waals surface area (Å²) in [7, 11) is -8.12. The fourth-order valence-corrected chi connectivity index (χ4v) is 6.09. The highest BCUT2D eigenvalue weighted by Crippen LogP contribution is 2.43. The molecule has 0 saturated carbocycles. The molecule has 8 N–H and O–H groups in total. The summed E-state index contributed by atoms with van der Waals surface area (Å²) in [4.78, 5) is 0.234. The van der Waals surface area contributed by atoms with Crippen LogP contribution in [0.1, 0.15) is 5.56 Å². The minimum atomic E-state index is -4.46. The maximum absolute atomic E-state index is 12.0. The van der Waals surface area contributed by atoms with Gasteiger partial charge < -0.3 is 15.6 Å². The smallest absolute Gasteiger partial charge is 0.294 e. The Hall–Kier alpha value is -2.70. The summed E-state index contributed by atoms with van der Waals surface area (Å²) in [5, 5.41) is 11.9. The zero-order valence-electron chi connectivity index (χ0n) is 20.1. The highest BCUT2D eigenvalue weighted by atomic mass is 32.2. The molecule has 1 aliphatic heterocycles. The molecule has 38 heavy (non-hydrogen) atoms. The monoisotopic (exact) mass is 600 g/mol. The zero-order valence-corrected chi connectivity index (χ0v) is 23.4. The molecule has 0 aromatic heterocycles. The number of hydrogen-bond acceptors (Lipinski definition) is 10. The summed E-state index contributed by atoms with van der Waals surface area (Å²) in [5.74, 6) is -0.0253. The number of rotatable bonds is 8. The number of phenols is 1. The van der Waals surface area contributed by atoms with E-state index in [1.807, 2.05) is 4.31 Å². The summed E-state index contributed by atoms with van der Waals surface area (Å²) < 4.78 is 66.6. The van der Waals surface area contributed by atoms with Gasteiger partial charge >= 0.3 is 0 Å². The molecule has 1 aliphatic rings. The second-order valence-electron chi connectivity index (χ2n) is 8.38. The Labute approximate surface area is 229 Å². The predicted molar refractivity (Wildman–Crippen MR) is 150 cm³/mol. The van der Waals surface area contributed by atoms with Crippen LogP contribution < -0.4 is 21.3 Å². The molecule has 0 unspecified atom stereocenters. The van der Waals surface area contributed by atoms with Gasteiger partial charge in [0.25, 0.3) is 10.1 Å². The van der Waals surface area contributed by atoms with Crippen molar-refractivity contribution in [2.45, 2.75) is 9.79 Å². The lowest BCUT2D eigenvalue weighted by Gasteiger charge is -2.26. The molecule has 0 radical (unpaired) electrons. The minimum Gasteiger partial charge on any atom is -0.506 e. The third kappa shape index (κ3) is 6.65. The molecule has 16 heteroatoms. The van der Waals surface area contributed by atoms with Crippen LogP contribution in [0.2, 0.25) is 0 Å². The number of thiocarbonyl (C=S) groups is 1. The Balaban J connectivity index is 1.75. The van der Waals surface area contributed by atoms with Crippen molar-refractivity contribution >= 4 is 77.1 Å². The van der Waals surface area contributed by atoms with Gasteiger partial charge in [-0.25, -0.2) is 12.7 Å². The Bertz CT molecular complexity index is 1610. The molecule has 3 aromatic rings. The third-order valence-electron chi connectivity index (χ3n) is 5.53. The average Bonchev–Trinajstić information content (AvgIpc) is 2.84. The predicted octanol–water partition coefficient (Wildman–Crippen LogP) is 1.67. The molecule has 0 amide bonds. The van der Waals surface area contributed by atoms with E-state index in [0.29, 0.717) is 53.3 Å². The quantitative estimate of drug-likeness (QED) is 0.0724. The number of hydrazine groups is 1. The maximum Gasteiger partial charge on any atom is 0.294 e. The highest BCUT2D eigenvalue weighted by Gasteiger charge is 2.21. The number of fused-ring (bicyclic) bond motifs is 1. The number of hydrogen-bond donors (Lipinski definition) is 6. The molecule has 1 heterocycles. The van der Waals surface area contributed by atoms with Crippen LogP contribution in [-0.2, 0) is 24.9 Å². The van der Waals surface area contributed by atoms with Crippen LogP contribution in [0.15, 0.2) is 52.3 Å². The number of nitrogens with zero attached hydrogens (tertiary/aromatic N) is 1. The number of nitrogens with one attached hydrogen (secondary N) is 3. The standard InChI is InChI=1S/C22H25N5O7S4/c1-37(29,30)26-17-4-2-3-14-20(17)18(12-19(21(14)28)36-27-7-9-34-10-8-27)24-25-22(35)15-11-13(38(31,32)33)5-6-16(15)23/h2-6,11-12,24,26,28H,7-10,23H2,1H3,(H,25,35)(H,31,32,33)/p+1. The maximum atomic E-state index is 12.0. The first kappa shape index (κ1) is 28.3. The Morgan fingerprint density at radius 1 is 1.11 bits per heavy atom.